The first kappa shape index (κ1) is 22.6. The van der Waals surface area contributed by atoms with Gasteiger partial charge in [-0.2, -0.15) is 0 Å². The number of allylic oxidation sites excluding steroid dienone is 4. The Hall–Kier alpha value is -0.560. The Morgan fingerprint density at radius 2 is 1.83 bits per heavy atom. The predicted octanol–water partition coefficient (Wildman–Crippen LogP) is 8.09. The molecule has 1 nitrogen and oxygen atoms in total. The van der Waals surface area contributed by atoms with Crippen LogP contribution in [0.5, 0.6) is 0 Å². The van der Waals surface area contributed by atoms with Crippen LogP contribution in [0.3, 0.4) is 0 Å². The highest BCUT2D eigenvalue weighted by Crippen LogP contribution is 2.66. The normalized spacial score (nSPS) is 42.7. The molecule has 0 heterocycles. The first-order valence-corrected chi connectivity index (χ1v) is 13.3. The van der Waals surface area contributed by atoms with Crippen LogP contribution < -0.4 is 0 Å². The summed E-state index contributed by atoms with van der Waals surface area (Å²) in [5.74, 6) is 4.02. The van der Waals surface area contributed by atoms with Crippen LogP contribution in [-0.4, -0.2) is 11.2 Å². The van der Waals surface area contributed by atoms with Gasteiger partial charge >= 0.3 is 0 Å². The van der Waals surface area contributed by atoms with Crippen LogP contribution >= 0.6 is 0 Å². The lowest BCUT2D eigenvalue weighted by atomic mass is 9.50. The molecule has 0 saturated heterocycles. The summed E-state index contributed by atoms with van der Waals surface area (Å²) in [5.41, 5.74) is 6.36. The van der Waals surface area contributed by atoms with Crippen LogP contribution in [0.1, 0.15) is 112 Å². The van der Waals surface area contributed by atoms with E-state index in [1.165, 1.54) is 57.8 Å². The zero-order chi connectivity index (χ0) is 21.7. The fourth-order valence-electron chi connectivity index (χ4n) is 8.78. The predicted molar refractivity (Wildman–Crippen MR) is 128 cm³/mol. The van der Waals surface area contributed by atoms with Crippen molar-refractivity contribution in [3.8, 4) is 0 Å². The Labute approximate surface area is 186 Å². The molecule has 170 valence electrons. The maximum absolute atomic E-state index is 10.3. The van der Waals surface area contributed by atoms with E-state index in [0.29, 0.717) is 16.7 Å². The summed E-state index contributed by atoms with van der Waals surface area (Å²) in [6.45, 7) is 14.7. The molecule has 7 atom stereocenters. The van der Waals surface area contributed by atoms with Gasteiger partial charge in [-0.3, -0.25) is 0 Å². The van der Waals surface area contributed by atoms with Crippen molar-refractivity contribution in [2.24, 2.45) is 40.4 Å². The van der Waals surface area contributed by atoms with Crippen molar-refractivity contribution >= 4 is 0 Å². The highest BCUT2D eigenvalue weighted by Gasteiger charge is 2.55. The Morgan fingerprint density at radius 3 is 2.53 bits per heavy atom. The lowest BCUT2D eigenvalue weighted by Crippen LogP contribution is -2.45. The number of hydrogen-bond acceptors (Lipinski definition) is 1. The number of aliphatic hydroxyl groups is 1. The fourth-order valence-corrected chi connectivity index (χ4v) is 8.78. The van der Waals surface area contributed by atoms with Crippen LogP contribution in [-0.2, 0) is 0 Å². The van der Waals surface area contributed by atoms with E-state index in [2.05, 4.69) is 47.6 Å². The molecule has 30 heavy (non-hydrogen) atoms. The van der Waals surface area contributed by atoms with Crippen LogP contribution in [0, 0.1) is 40.4 Å². The second-order valence-electron chi connectivity index (χ2n) is 12.4. The van der Waals surface area contributed by atoms with Crippen molar-refractivity contribution in [3.05, 3.63) is 22.8 Å². The molecule has 4 aliphatic carbocycles. The summed E-state index contributed by atoms with van der Waals surface area (Å²) < 4.78 is 0. The van der Waals surface area contributed by atoms with Crippen molar-refractivity contribution in [2.45, 2.75) is 118 Å². The van der Waals surface area contributed by atoms with Gasteiger partial charge in [-0.15, -0.1) is 0 Å². The van der Waals surface area contributed by atoms with Crippen molar-refractivity contribution in [1.82, 2.24) is 0 Å². The van der Waals surface area contributed by atoms with E-state index in [0.717, 1.165) is 36.5 Å². The first-order chi connectivity index (χ1) is 14.2. The topological polar surface area (TPSA) is 20.2 Å². The summed E-state index contributed by atoms with van der Waals surface area (Å²) in [6, 6.07) is 0. The van der Waals surface area contributed by atoms with Gasteiger partial charge in [0.25, 0.3) is 0 Å². The summed E-state index contributed by atoms with van der Waals surface area (Å²) in [4.78, 5) is 0. The Bertz CT molecular complexity index is 699. The third-order valence-electron chi connectivity index (χ3n) is 10.7. The lowest BCUT2D eigenvalue weighted by Gasteiger charge is -2.55. The van der Waals surface area contributed by atoms with E-state index < -0.39 is 0 Å². The molecule has 1 heteroatoms. The summed E-state index contributed by atoms with van der Waals surface area (Å²) >= 11 is 0. The third-order valence-corrected chi connectivity index (χ3v) is 10.7. The van der Waals surface area contributed by atoms with Gasteiger partial charge in [0.2, 0.25) is 0 Å². The number of hydrogen-bond donors (Lipinski definition) is 1. The molecule has 2 fully saturated rings. The molecule has 4 aliphatic rings. The summed E-state index contributed by atoms with van der Waals surface area (Å²) in [7, 11) is 0. The van der Waals surface area contributed by atoms with Gasteiger partial charge in [0.15, 0.2) is 0 Å². The highest BCUT2D eigenvalue weighted by molar-refractivity contribution is 5.34. The molecule has 0 aromatic heterocycles. The number of aliphatic hydroxyl groups excluding tert-OH is 1. The first-order valence-electron chi connectivity index (χ1n) is 13.3. The maximum Gasteiger partial charge on any atom is 0.0543 e. The highest BCUT2D eigenvalue weighted by atomic mass is 16.3. The van der Waals surface area contributed by atoms with Crippen molar-refractivity contribution in [2.75, 3.05) is 0 Å². The molecule has 0 spiro atoms. The maximum atomic E-state index is 10.3. The van der Waals surface area contributed by atoms with Crippen LogP contribution in [0.4, 0.5) is 0 Å². The van der Waals surface area contributed by atoms with E-state index in [9.17, 15) is 5.11 Å². The average molecular weight is 413 g/mol. The fraction of sp³-hybridized carbons (Fsp3) is 0.862. The van der Waals surface area contributed by atoms with E-state index in [1.807, 2.05) is 11.1 Å². The second kappa shape index (κ2) is 8.42. The lowest BCUT2D eigenvalue weighted by molar-refractivity contribution is 0.0133. The second-order valence-corrected chi connectivity index (χ2v) is 12.4. The van der Waals surface area contributed by atoms with E-state index in [1.54, 1.807) is 5.57 Å². The smallest absolute Gasteiger partial charge is 0.0543 e. The van der Waals surface area contributed by atoms with E-state index in [4.69, 9.17) is 0 Å². The Kier molecular flexibility index (Phi) is 6.35. The molecule has 1 N–H and O–H groups in total. The molecule has 0 unspecified atom stereocenters. The number of rotatable bonds is 5. The minimum atomic E-state index is -0.0382. The monoisotopic (exact) mass is 412 g/mol. The van der Waals surface area contributed by atoms with Crippen molar-refractivity contribution in [3.63, 3.8) is 0 Å². The quantitative estimate of drug-likeness (QED) is 0.452. The molecular weight excluding hydrogens is 364 g/mol. The molecule has 0 aromatic rings. The summed E-state index contributed by atoms with van der Waals surface area (Å²) in [5, 5.41) is 10.3. The van der Waals surface area contributed by atoms with Gasteiger partial charge in [-0.1, -0.05) is 57.4 Å². The molecule has 0 bridgehead atoms. The van der Waals surface area contributed by atoms with Crippen molar-refractivity contribution in [1.29, 1.82) is 0 Å². The van der Waals surface area contributed by atoms with Gasteiger partial charge in [-0.05, 0) is 118 Å². The number of fused-ring (bicyclic) bond motifs is 4. The van der Waals surface area contributed by atoms with Crippen LogP contribution in [0.15, 0.2) is 22.8 Å². The zero-order valence-electron chi connectivity index (χ0n) is 20.8. The molecule has 0 aliphatic heterocycles. The van der Waals surface area contributed by atoms with Crippen LogP contribution in [0.2, 0.25) is 0 Å². The minimum absolute atomic E-state index is 0.0382. The minimum Gasteiger partial charge on any atom is -0.393 e. The molecular formula is C29H48O. The van der Waals surface area contributed by atoms with Gasteiger partial charge < -0.3 is 5.11 Å². The molecule has 0 aromatic carbocycles. The molecule has 0 amide bonds. The largest absolute Gasteiger partial charge is 0.393 e. The third kappa shape index (κ3) is 3.66. The zero-order valence-corrected chi connectivity index (χ0v) is 20.8. The molecule has 0 radical (unpaired) electrons. The summed E-state index contributed by atoms with van der Waals surface area (Å²) in [6.07, 6.45) is 16.6. The standard InChI is InChI=1S/C29H48O/c1-7-21(19(2)3)9-8-20(4)25-12-13-26-24-11-10-22-18-23(30)14-16-28(22,5)27(24)15-17-29(25,26)6/h7,19-20,22-23,25-26,30H,8-18H2,1-6H3/t20-,22+,23-,25-,26+,28+,29+/m1/s1. The van der Waals surface area contributed by atoms with E-state index in [-0.39, 0.29) is 6.10 Å². The molecule has 4 rings (SSSR count). The van der Waals surface area contributed by atoms with E-state index >= 15 is 0 Å². The average Bonchev–Trinajstić information content (AvgIpc) is 3.06. The van der Waals surface area contributed by atoms with Gasteiger partial charge in [0, 0.05) is 0 Å². The SMILES string of the molecule is CC=C(CC[C@@H](C)[C@H]1CC[C@H]2C3=C(CC[C@@]12C)[C@@]1(C)CC[C@@H](O)C[C@@H]1CC3)C(C)C. The van der Waals surface area contributed by atoms with Crippen LogP contribution in [0.25, 0.3) is 0 Å². The Morgan fingerprint density at radius 1 is 1.07 bits per heavy atom. The van der Waals surface area contributed by atoms with Gasteiger partial charge in [0.1, 0.15) is 0 Å². The molecule has 2 saturated carbocycles. The van der Waals surface area contributed by atoms with Gasteiger partial charge in [0.05, 0.1) is 6.10 Å². The Balaban J connectivity index is 1.52. The van der Waals surface area contributed by atoms with Gasteiger partial charge in [-0.25, -0.2) is 0 Å². The van der Waals surface area contributed by atoms with Crippen molar-refractivity contribution < 1.29 is 5.11 Å².